The lowest BCUT2D eigenvalue weighted by atomic mass is 10.2. The highest BCUT2D eigenvalue weighted by Gasteiger charge is 2.24. The van der Waals surface area contributed by atoms with Gasteiger partial charge in [-0.3, -0.25) is 4.72 Å². The summed E-state index contributed by atoms with van der Waals surface area (Å²) in [5.41, 5.74) is 1.85. The number of hydrogen-bond donors (Lipinski definition) is 1. The summed E-state index contributed by atoms with van der Waals surface area (Å²) in [4.78, 5) is 0.00631. The molecule has 0 bridgehead atoms. The smallest absolute Gasteiger partial charge is 0.265 e. The minimum atomic E-state index is -4.00. The Hall–Kier alpha value is -3.45. The van der Waals surface area contributed by atoms with Gasteiger partial charge in [0.25, 0.3) is 10.0 Å². The molecule has 0 aliphatic carbocycles. The maximum Gasteiger partial charge on any atom is 0.265 e. The molecule has 0 aliphatic heterocycles. The van der Waals surface area contributed by atoms with E-state index >= 15 is 0 Å². The molecule has 0 aliphatic rings. The van der Waals surface area contributed by atoms with Crippen molar-refractivity contribution in [1.29, 1.82) is 0 Å². The molecule has 0 spiro atoms. The van der Waals surface area contributed by atoms with Gasteiger partial charge in [-0.05, 0) is 30.3 Å². The first kappa shape index (κ1) is 17.9. The number of rotatable bonds is 5. The van der Waals surface area contributed by atoms with Gasteiger partial charge in [0.1, 0.15) is 16.4 Å². The van der Waals surface area contributed by atoms with Crippen molar-refractivity contribution >= 4 is 15.7 Å². The predicted molar refractivity (Wildman–Crippen MR) is 106 cm³/mol. The van der Waals surface area contributed by atoms with Crippen LogP contribution in [0.3, 0.4) is 0 Å². The predicted octanol–water partition coefficient (Wildman–Crippen LogP) is 4.48. The molecule has 7 heteroatoms. The van der Waals surface area contributed by atoms with Crippen molar-refractivity contribution in [2.75, 3.05) is 4.72 Å². The van der Waals surface area contributed by atoms with Crippen LogP contribution in [0.1, 0.15) is 0 Å². The normalized spacial score (nSPS) is 11.3. The topological polar surface area (TPSA) is 64.0 Å². The zero-order valence-corrected chi connectivity index (χ0v) is 15.5. The number of para-hydroxylation sites is 1. The van der Waals surface area contributed by atoms with Crippen molar-refractivity contribution in [2.24, 2.45) is 0 Å². The fourth-order valence-corrected chi connectivity index (χ4v) is 4.02. The number of nitrogens with zero attached hydrogens (tertiary/aromatic N) is 2. The summed E-state index contributed by atoms with van der Waals surface area (Å²) in [5.74, 6) is -0.525. The molecule has 0 radical (unpaired) electrons. The van der Waals surface area contributed by atoms with Crippen LogP contribution < -0.4 is 4.72 Å². The van der Waals surface area contributed by atoms with E-state index in [1.807, 2.05) is 48.5 Å². The number of aromatic nitrogens is 2. The van der Waals surface area contributed by atoms with Crippen LogP contribution in [0, 0.1) is 5.82 Å². The van der Waals surface area contributed by atoms with Gasteiger partial charge < -0.3 is 0 Å². The number of sulfonamides is 1. The van der Waals surface area contributed by atoms with Crippen LogP contribution in [-0.2, 0) is 10.0 Å². The van der Waals surface area contributed by atoms with E-state index in [1.165, 1.54) is 29.1 Å². The zero-order valence-electron chi connectivity index (χ0n) is 14.7. The number of nitrogens with one attached hydrogen (secondary N) is 1. The first-order chi connectivity index (χ1) is 13.5. The molecule has 4 aromatic rings. The lowest BCUT2D eigenvalue weighted by molar-refractivity contribution is 0.601. The molecule has 0 saturated heterocycles. The quantitative estimate of drug-likeness (QED) is 0.544. The van der Waals surface area contributed by atoms with Crippen molar-refractivity contribution in [3.05, 3.63) is 96.9 Å². The highest BCUT2D eigenvalue weighted by atomic mass is 32.2. The standard InChI is InChI=1S/C21H16FN3O2S/c22-17-10-7-11-18(14-17)24-28(26,27)20-15-25(19-12-5-2-6-13-19)23-21(20)16-8-3-1-4-9-16/h1-15,24H. The Morgan fingerprint density at radius 3 is 2.21 bits per heavy atom. The molecule has 140 valence electrons. The first-order valence-electron chi connectivity index (χ1n) is 8.52. The molecule has 0 unspecified atom stereocenters. The van der Waals surface area contributed by atoms with Gasteiger partial charge in [-0.15, -0.1) is 0 Å². The maximum atomic E-state index is 13.5. The number of halogens is 1. The Balaban J connectivity index is 1.83. The third kappa shape index (κ3) is 3.65. The maximum absolute atomic E-state index is 13.5. The van der Waals surface area contributed by atoms with Crippen molar-refractivity contribution in [1.82, 2.24) is 9.78 Å². The molecular formula is C21H16FN3O2S. The van der Waals surface area contributed by atoms with Crippen LogP contribution in [0.5, 0.6) is 0 Å². The van der Waals surface area contributed by atoms with E-state index < -0.39 is 15.8 Å². The summed E-state index contributed by atoms with van der Waals surface area (Å²) in [6.07, 6.45) is 1.46. The van der Waals surface area contributed by atoms with Crippen molar-refractivity contribution < 1.29 is 12.8 Å². The molecule has 0 amide bonds. The van der Waals surface area contributed by atoms with Crippen LogP contribution in [0.4, 0.5) is 10.1 Å². The monoisotopic (exact) mass is 393 g/mol. The Bertz CT molecular complexity index is 1210. The van der Waals surface area contributed by atoms with Gasteiger partial charge in [-0.1, -0.05) is 54.6 Å². The van der Waals surface area contributed by atoms with Crippen molar-refractivity contribution in [3.63, 3.8) is 0 Å². The Morgan fingerprint density at radius 2 is 1.54 bits per heavy atom. The van der Waals surface area contributed by atoms with E-state index in [2.05, 4.69) is 9.82 Å². The number of benzene rings is 3. The van der Waals surface area contributed by atoms with Gasteiger partial charge in [-0.25, -0.2) is 17.5 Å². The molecule has 3 aromatic carbocycles. The van der Waals surface area contributed by atoms with Gasteiger partial charge in [-0.2, -0.15) is 5.10 Å². The SMILES string of the molecule is O=S(=O)(Nc1cccc(F)c1)c1cn(-c2ccccc2)nc1-c1ccccc1. The average molecular weight is 393 g/mol. The van der Waals surface area contributed by atoms with E-state index in [-0.39, 0.29) is 10.6 Å². The van der Waals surface area contributed by atoms with Crippen molar-refractivity contribution in [2.45, 2.75) is 4.90 Å². The van der Waals surface area contributed by atoms with Gasteiger partial charge in [0.2, 0.25) is 0 Å². The fourth-order valence-electron chi connectivity index (χ4n) is 2.83. The summed E-state index contributed by atoms with van der Waals surface area (Å²) in [6.45, 7) is 0. The highest BCUT2D eigenvalue weighted by molar-refractivity contribution is 7.92. The third-order valence-electron chi connectivity index (χ3n) is 4.11. The van der Waals surface area contributed by atoms with Crippen molar-refractivity contribution in [3.8, 4) is 16.9 Å². The van der Waals surface area contributed by atoms with E-state index in [4.69, 9.17) is 0 Å². The van der Waals surface area contributed by atoms with E-state index in [1.54, 1.807) is 12.1 Å². The lowest BCUT2D eigenvalue weighted by Gasteiger charge is -2.08. The van der Waals surface area contributed by atoms with Crippen LogP contribution in [0.25, 0.3) is 16.9 Å². The Morgan fingerprint density at radius 1 is 0.857 bits per heavy atom. The van der Waals surface area contributed by atoms with Crippen LogP contribution >= 0.6 is 0 Å². The summed E-state index contributed by atoms with van der Waals surface area (Å²) >= 11 is 0. The molecule has 0 atom stereocenters. The highest BCUT2D eigenvalue weighted by Crippen LogP contribution is 2.28. The van der Waals surface area contributed by atoms with E-state index in [9.17, 15) is 12.8 Å². The van der Waals surface area contributed by atoms with E-state index in [0.717, 1.165) is 11.8 Å². The second-order valence-corrected chi connectivity index (χ2v) is 7.75. The van der Waals surface area contributed by atoms with Crippen LogP contribution in [0.15, 0.2) is 96.0 Å². The Labute approximate surface area is 162 Å². The molecule has 0 saturated carbocycles. The molecule has 0 fully saturated rings. The second-order valence-electron chi connectivity index (χ2n) is 6.10. The fraction of sp³-hybridized carbons (Fsp3) is 0. The lowest BCUT2D eigenvalue weighted by Crippen LogP contribution is -2.13. The zero-order chi connectivity index (χ0) is 19.6. The molecule has 5 nitrogen and oxygen atoms in total. The summed E-state index contributed by atoms with van der Waals surface area (Å²) in [6, 6.07) is 23.6. The molecule has 1 N–H and O–H groups in total. The number of hydrogen-bond acceptors (Lipinski definition) is 3. The molecule has 1 heterocycles. The van der Waals surface area contributed by atoms with Gasteiger partial charge in [0, 0.05) is 5.56 Å². The molecule has 4 rings (SSSR count). The molecule has 28 heavy (non-hydrogen) atoms. The summed E-state index contributed by atoms with van der Waals surface area (Å²) in [7, 11) is -4.00. The average Bonchev–Trinajstić information content (AvgIpc) is 3.16. The largest absolute Gasteiger partial charge is 0.279 e. The van der Waals surface area contributed by atoms with Gasteiger partial charge in [0.15, 0.2) is 0 Å². The Kier molecular flexibility index (Phi) is 4.67. The van der Waals surface area contributed by atoms with Gasteiger partial charge in [0.05, 0.1) is 17.6 Å². The third-order valence-corrected chi connectivity index (χ3v) is 5.50. The minimum Gasteiger partial charge on any atom is -0.279 e. The first-order valence-corrected chi connectivity index (χ1v) is 10.0. The second kappa shape index (κ2) is 7.28. The summed E-state index contributed by atoms with van der Waals surface area (Å²) in [5, 5.41) is 4.50. The molecular weight excluding hydrogens is 377 g/mol. The van der Waals surface area contributed by atoms with Crippen LogP contribution in [-0.4, -0.2) is 18.2 Å². The number of anilines is 1. The van der Waals surface area contributed by atoms with Gasteiger partial charge >= 0.3 is 0 Å². The van der Waals surface area contributed by atoms with Crippen LogP contribution in [0.2, 0.25) is 0 Å². The minimum absolute atomic E-state index is 0.00631. The molecule has 1 aromatic heterocycles. The van der Waals surface area contributed by atoms with E-state index in [0.29, 0.717) is 11.3 Å². The summed E-state index contributed by atoms with van der Waals surface area (Å²) < 4.78 is 43.5.